The van der Waals surface area contributed by atoms with Crippen molar-refractivity contribution in [2.75, 3.05) is 18.9 Å². The molecule has 12 heteroatoms. The molecule has 0 radical (unpaired) electrons. The number of rotatable bonds is 9. The molecule has 0 aliphatic carbocycles. The van der Waals surface area contributed by atoms with Crippen LogP contribution in [0, 0.1) is 0 Å². The molecule has 0 spiro atoms. The number of hydrogen-bond donors (Lipinski definition) is 2. The van der Waals surface area contributed by atoms with E-state index >= 15 is 0 Å². The average molecular weight is 387 g/mol. The first-order chi connectivity index (χ1) is 12.4. The molecule has 3 N–H and O–H groups in total. The van der Waals surface area contributed by atoms with Crippen molar-refractivity contribution >= 4 is 31.5 Å². The Hall–Kier alpha value is -2.07. The second kappa shape index (κ2) is 9.58. The molecule has 2 rings (SSSR count). The lowest BCUT2D eigenvalue weighted by Gasteiger charge is -2.16. The van der Waals surface area contributed by atoms with E-state index in [0.717, 1.165) is 0 Å². The fraction of sp³-hybridized carbons (Fsp3) is 0.571. The van der Waals surface area contributed by atoms with Crippen LogP contribution in [0.1, 0.15) is 20.8 Å². The number of aromatic nitrogens is 4. The number of hydrogen-bond acceptors (Lipinski definition) is 10. The lowest BCUT2D eigenvalue weighted by atomic mass is 10.4. The zero-order valence-electron chi connectivity index (χ0n) is 14.7. The summed E-state index contributed by atoms with van der Waals surface area (Å²) in [7, 11) is -1.89. The minimum atomic E-state index is -1.89. The molecule has 2 heterocycles. The standard InChI is InChI=1S/C14H22N5O6P/c1-9(2)25-14(20)22-7-24-26(21)8-23-10(3)4-19-6-18-11-12(15)16-5-17-13(11)19/h5-6,9-10,21H,4,7-8H2,1-3H3,(H2,15,16,17). The average Bonchev–Trinajstić information content (AvgIpc) is 2.97. The number of nitrogen functional groups attached to an aromatic ring is 1. The van der Waals surface area contributed by atoms with Gasteiger partial charge in [0.25, 0.3) is 0 Å². The topological polar surface area (TPSA) is 144 Å². The second-order valence-electron chi connectivity index (χ2n) is 5.59. The monoisotopic (exact) mass is 387 g/mol. The third kappa shape index (κ3) is 6.03. The molecule has 26 heavy (non-hydrogen) atoms. The third-order valence-corrected chi connectivity index (χ3v) is 3.84. The third-order valence-electron chi connectivity index (χ3n) is 3.06. The van der Waals surface area contributed by atoms with E-state index in [2.05, 4.69) is 19.7 Å². The second-order valence-corrected chi connectivity index (χ2v) is 6.82. The number of fused-ring (bicyclic) bond motifs is 1. The minimum Gasteiger partial charge on any atom is -0.432 e. The quantitative estimate of drug-likeness (QED) is 0.370. The highest BCUT2D eigenvalue weighted by molar-refractivity contribution is 7.45. The first-order valence-electron chi connectivity index (χ1n) is 7.82. The van der Waals surface area contributed by atoms with Crippen LogP contribution in [-0.4, -0.2) is 55.9 Å². The van der Waals surface area contributed by atoms with Crippen LogP contribution in [0.4, 0.5) is 10.6 Å². The van der Waals surface area contributed by atoms with Gasteiger partial charge in [-0.15, -0.1) is 0 Å². The molecular formula is C14H22N5O6P. The van der Waals surface area contributed by atoms with Gasteiger partial charge >= 0.3 is 6.16 Å². The Morgan fingerprint density at radius 2 is 2.12 bits per heavy atom. The van der Waals surface area contributed by atoms with E-state index in [1.54, 1.807) is 24.7 Å². The van der Waals surface area contributed by atoms with E-state index < -0.39 is 21.3 Å². The van der Waals surface area contributed by atoms with E-state index in [-0.39, 0.29) is 18.6 Å². The zero-order chi connectivity index (χ0) is 19.1. The van der Waals surface area contributed by atoms with Crippen molar-refractivity contribution < 1.29 is 28.4 Å². The predicted octanol–water partition coefficient (Wildman–Crippen LogP) is 1.61. The van der Waals surface area contributed by atoms with E-state index in [0.29, 0.717) is 23.5 Å². The molecule has 0 saturated carbocycles. The van der Waals surface area contributed by atoms with Gasteiger partial charge in [-0.05, 0) is 20.8 Å². The van der Waals surface area contributed by atoms with Crippen molar-refractivity contribution in [2.24, 2.45) is 0 Å². The van der Waals surface area contributed by atoms with Gasteiger partial charge in [0.15, 0.2) is 19.8 Å². The van der Waals surface area contributed by atoms with E-state index in [1.165, 1.54) is 6.33 Å². The molecule has 2 unspecified atom stereocenters. The van der Waals surface area contributed by atoms with Gasteiger partial charge in [-0.25, -0.2) is 19.7 Å². The predicted molar refractivity (Wildman–Crippen MR) is 92.9 cm³/mol. The molecule has 0 aliphatic rings. The Kier molecular flexibility index (Phi) is 7.46. The fourth-order valence-corrected chi connectivity index (χ4v) is 2.58. The highest BCUT2D eigenvalue weighted by Gasteiger charge is 2.14. The van der Waals surface area contributed by atoms with Crippen molar-refractivity contribution in [3.8, 4) is 0 Å². The van der Waals surface area contributed by atoms with E-state index in [1.807, 2.05) is 6.92 Å². The van der Waals surface area contributed by atoms with E-state index in [4.69, 9.17) is 19.7 Å². The number of nitrogens with zero attached hydrogens (tertiary/aromatic N) is 4. The molecule has 2 atom stereocenters. The van der Waals surface area contributed by atoms with Crippen LogP contribution >= 0.6 is 8.38 Å². The Labute approximate surface area is 151 Å². The largest absolute Gasteiger partial charge is 0.510 e. The van der Waals surface area contributed by atoms with Crippen LogP contribution < -0.4 is 5.73 Å². The summed E-state index contributed by atoms with van der Waals surface area (Å²) in [6.07, 6.45) is 1.53. The van der Waals surface area contributed by atoms with Crippen LogP contribution in [0.2, 0.25) is 0 Å². The molecule has 0 amide bonds. The molecule has 0 aliphatic heterocycles. The van der Waals surface area contributed by atoms with Gasteiger partial charge < -0.3 is 29.4 Å². The van der Waals surface area contributed by atoms with Crippen LogP contribution in [0.15, 0.2) is 12.7 Å². The summed E-state index contributed by atoms with van der Waals surface area (Å²) < 4.78 is 21.7. The molecule has 0 bridgehead atoms. The van der Waals surface area contributed by atoms with Crippen LogP contribution in [0.25, 0.3) is 11.2 Å². The Balaban J connectivity index is 1.71. The fourth-order valence-electron chi connectivity index (χ4n) is 1.95. The number of nitrogens with two attached hydrogens (primary N) is 1. The highest BCUT2D eigenvalue weighted by Crippen LogP contribution is 2.31. The van der Waals surface area contributed by atoms with E-state index in [9.17, 15) is 9.69 Å². The number of imidazole rings is 1. The lowest BCUT2D eigenvalue weighted by molar-refractivity contribution is -0.0105. The number of carbonyl (C=O) groups is 1. The molecular weight excluding hydrogens is 365 g/mol. The number of carbonyl (C=O) groups excluding carboxylic acids is 1. The zero-order valence-corrected chi connectivity index (χ0v) is 15.6. The minimum absolute atomic E-state index is 0.0388. The van der Waals surface area contributed by atoms with Gasteiger partial charge in [-0.2, -0.15) is 0 Å². The van der Waals surface area contributed by atoms with Crippen molar-refractivity contribution in [1.29, 1.82) is 0 Å². The first kappa shape index (κ1) is 20.2. The van der Waals surface area contributed by atoms with Crippen molar-refractivity contribution in [3.05, 3.63) is 12.7 Å². The molecule has 2 aromatic rings. The Morgan fingerprint density at radius 3 is 2.85 bits per heavy atom. The molecule has 0 aromatic carbocycles. The Morgan fingerprint density at radius 1 is 1.35 bits per heavy atom. The van der Waals surface area contributed by atoms with Crippen molar-refractivity contribution in [3.63, 3.8) is 0 Å². The van der Waals surface area contributed by atoms with Gasteiger partial charge in [0, 0.05) is 0 Å². The van der Waals surface area contributed by atoms with Gasteiger partial charge in [0.05, 0.1) is 25.1 Å². The number of anilines is 1. The summed E-state index contributed by atoms with van der Waals surface area (Å²) in [6.45, 7) is 5.26. The molecule has 0 saturated heterocycles. The summed E-state index contributed by atoms with van der Waals surface area (Å²) in [6, 6.07) is 0. The lowest BCUT2D eigenvalue weighted by Crippen LogP contribution is -2.17. The smallest absolute Gasteiger partial charge is 0.432 e. The van der Waals surface area contributed by atoms with Gasteiger partial charge in [-0.1, -0.05) is 0 Å². The maximum Gasteiger partial charge on any atom is 0.510 e. The first-order valence-corrected chi connectivity index (χ1v) is 9.22. The van der Waals surface area contributed by atoms with Gasteiger partial charge in [0.2, 0.25) is 6.79 Å². The SMILES string of the molecule is CC(C)OC(=O)OCOP(O)COC(C)Cn1cnc2c(N)ncnc21. The summed E-state index contributed by atoms with van der Waals surface area (Å²) in [5.41, 5.74) is 6.87. The normalized spacial score (nSPS) is 13.7. The maximum atomic E-state index is 11.2. The van der Waals surface area contributed by atoms with Crippen LogP contribution in [-0.2, 0) is 25.3 Å². The van der Waals surface area contributed by atoms with Gasteiger partial charge in [-0.3, -0.25) is 4.52 Å². The molecule has 144 valence electrons. The summed E-state index contributed by atoms with van der Waals surface area (Å²) in [5.74, 6) is 0.311. The molecule has 11 nitrogen and oxygen atoms in total. The van der Waals surface area contributed by atoms with Crippen molar-refractivity contribution in [2.45, 2.75) is 39.5 Å². The molecule has 0 fully saturated rings. The number of ether oxygens (including phenoxy) is 3. The van der Waals surface area contributed by atoms with Crippen LogP contribution in [0.5, 0.6) is 0 Å². The summed E-state index contributed by atoms with van der Waals surface area (Å²) in [4.78, 5) is 33.1. The molecule has 2 aromatic heterocycles. The summed E-state index contributed by atoms with van der Waals surface area (Å²) in [5, 5.41) is 0. The summed E-state index contributed by atoms with van der Waals surface area (Å²) >= 11 is 0. The Bertz CT molecular complexity index is 727. The van der Waals surface area contributed by atoms with Crippen molar-refractivity contribution in [1.82, 2.24) is 19.5 Å². The van der Waals surface area contributed by atoms with Gasteiger partial charge in [0.1, 0.15) is 18.2 Å². The maximum absolute atomic E-state index is 11.2. The highest BCUT2D eigenvalue weighted by atomic mass is 31.2. The van der Waals surface area contributed by atoms with Crippen LogP contribution in [0.3, 0.4) is 0 Å².